The van der Waals surface area contributed by atoms with Gasteiger partial charge in [-0.25, -0.2) is 18.5 Å². The number of primary sulfonamides is 1. The van der Waals surface area contributed by atoms with Crippen LogP contribution < -0.4 is 10.6 Å². The zero-order valence-electron chi connectivity index (χ0n) is 14.7. The number of aromatic nitrogens is 2. The van der Waals surface area contributed by atoms with E-state index in [0.29, 0.717) is 5.71 Å². The topological polar surface area (TPSA) is 146 Å². The zero-order valence-corrected chi connectivity index (χ0v) is 15.5. The number of nitro groups is 1. The van der Waals surface area contributed by atoms with Crippen LogP contribution in [0.15, 0.2) is 71.2 Å². The van der Waals surface area contributed by atoms with Gasteiger partial charge < -0.3 is 4.57 Å². The van der Waals surface area contributed by atoms with Crippen LogP contribution in [0.5, 0.6) is 0 Å². The molecule has 0 atom stereocenters. The molecule has 3 rings (SSSR count). The summed E-state index contributed by atoms with van der Waals surface area (Å²) in [4.78, 5) is 14.2. The molecule has 3 aromatic rings. The number of nitro benzene ring substituents is 1. The van der Waals surface area contributed by atoms with Gasteiger partial charge in [-0.05, 0) is 36.8 Å². The maximum atomic E-state index is 11.4. The van der Waals surface area contributed by atoms with E-state index >= 15 is 0 Å². The molecule has 28 heavy (non-hydrogen) atoms. The fraction of sp³-hybridized carbons (Fsp3) is 0.0588. The van der Waals surface area contributed by atoms with Crippen LogP contribution in [0.1, 0.15) is 12.5 Å². The number of hydrogen-bond acceptors (Lipinski definition) is 7. The number of hydrogen-bond donors (Lipinski definition) is 2. The molecule has 11 heteroatoms. The Balaban J connectivity index is 1.83. The van der Waals surface area contributed by atoms with Crippen LogP contribution in [-0.4, -0.2) is 28.6 Å². The quantitative estimate of drug-likeness (QED) is 0.369. The third kappa shape index (κ3) is 4.22. The molecule has 0 amide bonds. The summed E-state index contributed by atoms with van der Waals surface area (Å²) >= 11 is 0. The van der Waals surface area contributed by atoms with E-state index in [1.165, 1.54) is 12.1 Å². The molecule has 0 fully saturated rings. The van der Waals surface area contributed by atoms with Crippen LogP contribution in [-0.2, 0) is 10.0 Å². The van der Waals surface area contributed by atoms with Gasteiger partial charge in [-0.2, -0.15) is 5.10 Å². The summed E-state index contributed by atoms with van der Waals surface area (Å²) in [6.07, 6.45) is 5.18. The van der Waals surface area contributed by atoms with E-state index < -0.39 is 20.6 Å². The van der Waals surface area contributed by atoms with E-state index in [0.717, 1.165) is 17.3 Å². The van der Waals surface area contributed by atoms with E-state index in [1.807, 2.05) is 35.0 Å². The summed E-state index contributed by atoms with van der Waals surface area (Å²) in [5.41, 5.74) is 4.53. The standard InChI is InChI=1S/C17H16N6O4S/c1-12(13-2-4-14(5-3-13)22-9-8-19-11-22)20-21-16-7-6-15(28(18,26)27)10-17(16)23(24)25/h2-11,21H,1H3,(H2,18,26,27)/b20-12-. The lowest BCUT2D eigenvalue weighted by Crippen LogP contribution is -2.12. The van der Waals surface area contributed by atoms with E-state index in [-0.39, 0.29) is 10.6 Å². The highest BCUT2D eigenvalue weighted by atomic mass is 32.2. The van der Waals surface area contributed by atoms with E-state index in [4.69, 9.17) is 5.14 Å². The number of nitrogens with two attached hydrogens (primary N) is 1. The summed E-state index contributed by atoms with van der Waals surface area (Å²) in [6.45, 7) is 1.74. The van der Waals surface area contributed by atoms with Crippen LogP contribution >= 0.6 is 0 Å². The van der Waals surface area contributed by atoms with E-state index in [1.54, 1.807) is 19.4 Å². The van der Waals surface area contributed by atoms with Gasteiger partial charge in [-0.15, -0.1) is 0 Å². The Hall–Kier alpha value is -3.57. The van der Waals surface area contributed by atoms with Crippen molar-refractivity contribution in [1.82, 2.24) is 9.55 Å². The number of anilines is 1. The highest BCUT2D eigenvalue weighted by molar-refractivity contribution is 7.89. The average Bonchev–Trinajstić information content (AvgIpc) is 3.20. The van der Waals surface area contributed by atoms with Gasteiger partial charge in [-0.1, -0.05) is 12.1 Å². The predicted molar refractivity (Wildman–Crippen MR) is 104 cm³/mol. The minimum absolute atomic E-state index is 0.0479. The molecule has 2 aromatic carbocycles. The Kier molecular flexibility index (Phi) is 5.20. The second-order valence-corrected chi connectivity index (χ2v) is 7.37. The van der Waals surface area contributed by atoms with Crippen molar-refractivity contribution in [1.29, 1.82) is 0 Å². The van der Waals surface area contributed by atoms with Gasteiger partial charge in [0, 0.05) is 24.1 Å². The first-order chi connectivity index (χ1) is 13.3. The molecular formula is C17H16N6O4S. The van der Waals surface area contributed by atoms with Crippen LogP contribution in [0.25, 0.3) is 5.69 Å². The smallest absolute Gasteiger partial charge is 0.295 e. The molecule has 3 N–H and O–H groups in total. The fourth-order valence-corrected chi connectivity index (χ4v) is 2.96. The third-order valence-electron chi connectivity index (χ3n) is 3.93. The number of nitrogens with one attached hydrogen (secondary N) is 1. The first-order valence-corrected chi connectivity index (χ1v) is 9.50. The highest BCUT2D eigenvalue weighted by Crippen LogP contribution is 2.27. The first-order valence-electron chi connectivity index (χ1n) is 7.96. The molecular weight excluding hydrogens is 384 g/mol. The predicted octanol–water partition coefficient (Wildman–Crippen LogP) is 2.26. The van der Waals surface area contributed by atoms with Crippen LogP contribution in [0.4, 0.5) is 11.4 Å². The molecule has 0 aliphatic heterocycles. The maximum Gasteiger partial charge on any atom is 0.295 e. The van der Waals surface area contributed by atoms with Crippen LogP contribution in [0.2, 0.25) is 0 Å². The van der Waals surface area contributed by atoms with Gasteiger partial charge >= 0.3 is 0 Å². The molecule has 0 unspecified atom stereocenters. The lowest BCUT2D eigenvalue weighted by molar-refractivity contribution is -0.384. The molecule has 144 valence electrons. The number of benzene rings is 2. The van der Waals surface area contributed by atoms with E-state index in [9.17, 15) is 18.5 Å². The molecule has 0 radical (unpaired) electrons. The Morgan fingerprint density at radius 2 is 1.96 bits per heavy atom. The summed E-state index contributed by atoms with van der Waals surface area (Å²) in [7, 11) is -4.05. The first kappa shape index (κ1) is 19.2. The Morgan fingerprint density at radius 1 is 1.25 bits per heavy atom. The molecule has 0 saturated carbocycles. The van der Waals surface area contributed by atoms with Crippen molar-refractivity contribution in [2.45, 2.75) is 11.8 Å². The van der Waals surface area contributed by atoms with E-state index in [2.05, 4.69) is 15.5 Å². The van der Waals surface area contributed by atoms with Gasteiger partial charge in [0.2, 0.25) is 10.0 Å². The summed E-state index contributed by atoms with van der Waals surface area (Å²) in [5, 5.41) is 20.4. The molecule has 10 nitrogen and oxygen atoms in total. The van der Waals surface area contributed by atoms with Crippen molar-refractivity contribution in [2.24, 2.45) is 10.2 Å². The van der Waals surface area contributed by atoms with Gasteiger partial charge in [0.15, 0.2) is 0 Å². The van der Waals surface area contributed by atoms with Gasteiger partial charge in [0.25, 0.3) is 5.69 Å². The second kappa shape index (κ2) is 7.58. The molecule has 0 aliphatic rings. The number of hydrazone groups is 1. The third-order valence-corrected chi connectivity index (χ3v) is 4.84. The summed E-state index contributed by atoms with van der Waals surface area (Å²) in [5.74, 6) is 0. The van der Waals surface area contributed by atoms with Crippen LogP contribution in [0.3, 0.4) is 0 Å². The minimum Gasteiger partial charge on any atom is -0.306 e. The van der Waals surface area contributed by atoms with Gasteiger partial charge in [-0.3, -0.25) is 15.5 Å². The Morgan fingerprint density at radius 3 is 2.54 bits per heavy atom. The second-order valence-electron chi connectivity index (χ2n) is 5.81. The molecule has 1 aromatic heterocycles. The monoisotopic (exact) mass is 400 g/mol. The van der Waals surface area contributed by atoms with Gasteiger partial charge in [0.1, 0.15) is 5.69 Å². The van der Waals surface area contributed by atoms with Crippen molar-refractivity contribution >= 4 is 27.1 Å². The largest absolute Gasteiger partial charge is 0.306 e. The van der Waals surface area contributed by atoms with Crippen molar-refractivity contribution in [3.63, 3.8) is 0 Å². The number of nitrogens with zero attached hydrogens (tertiary/aromatic N) is 4. The SMILES string of the molecule is C/C(=N/Nc1ccc(S(N)(=O)=O)cc1[N+](=O)[O-])c1ccc(-n2ccnc2)cc1. The van der Waals surface area contributed by atoms with Crippen molar-refractivity contribution in [3.8, 4) is 5.69 Å². The fourth-order valence-electron chi connectivity index (χ4n) is 2.43. The average molecular weight is 400 g/mol. The highest BCUT2D eigenvalue weighted by Gasteiger charge is 2.19. The molecule has 0 aliphatic carbocycles. The molecule has 0 saturated heterocycles. The maximum absolute atomic E-state index is 11.4. The summed E-state index contributed by atoms with van der Waals surface area (Å²) in [6, 6.07) is 10.8. The minimum atomic E-state index is -4.05. The molecule has 0 bridgehead atoms. The normalized spacial score (nSPS) is 12.0. The summed E-state index contributed by atoms with van der Waals surface area (Å²) < 4.78 is 24.6. The van der Waals surface area contributed by atoms with Crippen molar-refractivity contribution < 1.29 is 13.3 Å². The van der Waals surface area contributed by atoms with Gasteiger partial charge in [0.05, 0.1) is 21.9 Å². The van der Waals surface area contributed by atoms with Crippen LogP contribution in [0, 0.1) is 10.1 Å². The molecule has 0 spiro atoms. The number of imidazole rings is 1. The van der Waals surface area contributed by atoms with Crippen molar-refractivity contribution in [3.05, 3.63) is 76.9 Å². The number of rotatable bonds is 6. The number of sulfonamides is 1. The lowest BCUT2D eigenvalue weighted by Gasteiger charge is -2.07. The lowest BCUT2D eigenvalue weighted by atomic mass is 10.1. The van der Waals surface area contributed by atoms with Crippen molar-refractivity contribution in [2.75, 3.05) is 5.43 Å². The Labute approximate surface area is 160 Å². The molecule has 1 heterocycles. The zero-order chi connectivity index (χ0) is 20.3. The Bertz CT molecular complexity index is 1140.